The minimum absolute atomic E-state index is 0.275. The average Bonchev–Trinajstić information content (AvgIpc) is 2.13. The van der Waals surface area contributed by atoms with Gasteiger partial charge >= 0.3 is 5.97 Å². The SMILES string of the molecule is O=C(O)c1ccc[s+]1Cl. The first-order chi connectivity index (χ1) is 4.22. The van der Waals surface area contributed by atoms with Crippen molar-refractivity contribution in [1.29, 1.82) is 0 Å². The summed E-state index contributed by atoms with van der Waals surface area (Å²) in [6, 6.07) is 3.16. The third kappa shape index (κ3) is 1.23. The van der Waals surface area contributed by atoms with Gasteiger partial charge in [0.25, 0.3) is 4.88 Å². The number of thiophene rings is 1. The number of aromatic carboxylic acids is 1. The molecule has 0 aliphatic rings. The summed E-state index contributed by atoms with van der Waals surface area (Å²) in [5, 5.41) is 10.1. The molecule has 0 aromatic carbocycles. The van der Waals surface area contributed by atoms with Crippen LogP contribution in [0.1, 0.15) is 9.67 Å². The molecule has 0 saturated heterocycles. The van der Waals surface area contributed by atoms with E-state index in [1.807, 2.05) is 0 Å². The summed E-state index contributed by atoms with van der Waals surface area (Å²) in [5.74, 6) is -0.932. The lowest BCUT2D eigenvalue weighted by Gasteiger charge is -1.75. The summed E-state index contributed by atoms with van der Waals surface area (Å²) in [7, 11) is 4.88. The second kappa shape index (κ2) is 2.37. The Morgan fingerprint density at radius 2 is 2.44 bits per heavy atom. The zero-order valence-electron chi connectivity index (χ0n) is 4.37. The number of carboxylic acids is 1. The summed E-state index contributed by atoms with van der Waals surface area (Å²) < 4.78 is 0. The third-order valence-electron chi connectivity index (χ3n) is 0.867. The minimum atomic E-state index is -0.932. The largest absolute Gasteiger partial charge is 0.474 e. The van der Waals surface area contributed by atoms with Crippen molar-refractivity contribution in [2.45, 2.75) is 0 Å². The zero-order chi connectivity index (χ0) is 6.85. The van der Waals surface area contributed by atoms with E-state index in [4.69, 9.17) is 15.8 Å². The highest BCUT2D eigenvalue weighted by Gasteiger charge is 2.17. The molecule has 1 heterocycles. The van der Waals surface area contributed by atoms with E-state index in [1.165, 1.54) is 6.07 Å². The molecule has 0 aliphatic heterocycles. The van der Waals surface area contributed by atoms with E-state index in [0.717, 1.165) is 0 Å². The maximum absolute atomic E-state index is 10.2. The first-order valence-corrected chi connectivity index (χ1v) is 4.34. The zero-order valence-corrected chi connectivity index (χ0v) is 5.95. The van der Waals surface area contributed by atoms with Crippen molar-refractivity contribution in [1.82, 2.24) is 0 Å². The Bertz CT molecular complexity index is 231. The van der Waals surface area contributed by atoms with Gasteiger partial charge in [0.05, 0.1) is 0 Å². The van der Waals surface area contributed by atoms with E-state index in [-0.39, 0.29) is 4.88 Å². The molecule has 1 unspecified atom stereocenters. The summed E-state index contributed by atoms with van der Waals surface area (Å²) in [4.78, 5) is 10.5. The number of hydrogen-bond acceptors (Lipinski definition) is 1. The van der Waals surface area contributed by atoms with Crippen molar-refractivity contribution in [3.8, 4) is 0 Å². The first-order valence-electron chi connectivity index (χ1n) is 2.23. The molecule has 0 amide bonds. The van der Waals surface area contributed by atoms with Crippen LogP contribution in [0.2, 0.25) is 0 Å². The van der Waals surface area contributed by atoms with Crippen LogP contribution >= 0.6 is 20.4 Å². The van der Waals surface area contributed by atoms with Gasteiger partial charge in [-0.2, -0.15) is 0 Å². The standard InChI is InChI=1S/C5H3ClO2S/c6-9-3-1-2-4(9)5(7)8/h1-3H/p+1. The van der Waals surface area contributed by atoms with Crippen LogP contribution in [0.15, 0.2) is 17.5 Å². The monoisotopic (exact) mass is 163 g/mol. The highest BCUT2D eigenvalue weighted by Crippen LogP contribution is 2.28. The molecule has 1 aromatic rings. The lowest BCUT2D eigenvalue weighted by atomic mass is 10.5. The Morgan fingerprint density at radius 1 is 1.78 bits per heavy atom. The molecule has 0 bridgehead atoms. The van der Waals surface area contributed by atoms with Crippen LogP contribution in [0.4, 0.5) is 0 Å². The average molecular weight is 164 g/mol. The van der Waals surface area contributed by atoms with Crippen LogP contribution in [0.3, 0.4) is 0 Å². The van der Waals surface area contributed by atoms with Crippen molar-refractivity contribution in [2.24, 2.45) is 0 Å². The molecule has 2 nitrogen and oxygen atoms in total. The topological polar surface area (TPSA) is 37.3 Å². The van der Waals surface area contributed by atoms with E-state index >= 15 is 0 Å². The van der Waals surface area contributed by atoms with E-state index < -0.39 is 15.7 Å². The van der Waals surface area contributed by atoms with Crippen LogP contribution in [-0.4, -0.2) is 11.1 Å². The minimum Gasteiger partial charge on any atom is -0.474 e. The van der Waals surface area contributed by atoms with E-state index in [1.54, 1.807) is 11.4 Å². The van der Waals surface area contributed by atoms with Crippen LogP contribution in [0.5, 0.6) is 0 Å². The van der Waals surface area contributed by atoms with Crippen LogP contribution in [0, 0.1) is 0 Å². The predicted octanol–water partition coefficient (Wildman–Crippen LogP) is 2.14. The maximum atomic E-state index is 10.2. The van der Waals surface area contributed by atoms with Gasteiger partial charge in [0.1, 0.15) is 9.68 Å². The van der Waals surface area contributed by atoms with E-state index in [9.17, 15) is 4.79 Å². The van der Waals surface area contributed by atoms with Gasteiger partial charge in [-0.3, -0.25) is 0 Å². The summed E-state index contributed by atoms with van der Waals surface area (Å²) in [5.41, 5.74) is 0. The highest BCUT2D eigenvalue weighted by molar-refractivity contribution is 7.61. The molecule has 1 aromatic heterocycles. The summed E-state index contributed by atoms with van der Waals surface area (Å²) >= 11 is 0. The Hall–Kier alpha value is -0.540. The van der Waals surface area contributed by atoms with Crippen molar-refractivity contribution < 1.29 is 9.90 Å². The normalized spacial score (nSPS) is 11.4. The molecule has 1 N–H and O–H groups in total. The van der Waals surface area contributed by atoms with E-state index in [0.29, 0.717) is 0 Å². The van der Waals surface area contributed by atoms with E-state index in [2.05, 4.69) is 0 Å². The molecule has 48 valence electrons. The van der Waals surface area contributed by atoms with Gasteiger partial charge in [0, 0.05) is 6.07 Å². The molecule has 1 rings (SSSR count). The summed E-state index contributed by atoms with van der Waals surface area (Å²) in [6.45, 7) is 0. The molecule has 0 radical (unpaired) electrons. The van der Waals surface area contributed by atoms with Gasteiger partial charge in [-0.15, -0.1) is 0 Å². The van der Waals surface area contributed by atoms with Crippen LogP contribution in [-0.2, 0) is 0 Å². The second-order valence-electron chi connectivity index (χ2n) is 1.45. The fraction of sp³-hybridized carbons (Fsp3) is 0. The quantitative estimate of drug-likeness (QED) is 0.644. The van der Waals surface area contributed by atoms with Gasteiger partial charge in [-0.1, -0.05) is 0 Å². The van der Waals surface area contributed by atoms with Crippen LogP contribution < -0.4 is 0 Å². The Kier molecular flexibility index (Phi) is 1.73. The Labute approximate surface area is 59.2 Å². The number of halogens is 1. The molecule has 4 heteroatoms. The molecule has 0 saturated carbocycles. The smallest absolute Gasteiger partial charge is 0.390 e. The lowest BCUT2D eigenvalue weighted by molar-refractivity contribution is 0.0702. The Balaban J connectivity index is 3.08. The van der Waals surface area contributed by atoms with Crippen molar-refractivity contribution >= 4 is 26.3 Å². The van der Waals surface area contributed by atoms with Crippen molar-refractivity contribution in [3.63, 3.8) is 0 Å². The number of carboxylic acid groups (broad SMARTS) is 1. The molecular formula is C5H4ClO2S+. The molecular weight excluding hydrogens is 160 g/mol. The number of rotatable bonds is 1. The predicted molar refractivity (Wildman–Crippen MR) is 37.1 cm³/mol. The molecule has 0 fully saturated rings. The maximum Gasteiger partial charge on any atom is 0.390 e. The highest BCUT2D eigenvalue weighted by atomic mass is 35.7. The first kappa shape index (κ1) is 6.58. The summed E-state index contributed by atoms with van der Waals surface area (Å²) in [6.07, 6.45) is 0. The van der Waals surface area contributed by atoms with Crippen molar-refractivity contribution in [2.75, 3.05) is 0 Å². The fourth-order valence-corrected chi connectivity index (χ4v) is 1.76. The number of hydrogen-bond donors (Lipinski definition) is 1. The molecule has 1 atom stereocenters. The Morgan fingerprint density at radius 3 is 2.67 bits per heavy atom. The third-order valence-corrected chi connectivity index (χ3v) is 2.80. The number of carbonyl (C=O) groups is 1. The molecule has 0 spiro atoms. The van der Waals surface area contributed by atoms with Gasteiger partial charge in [-0.05, 0) is 6.07 Å². The lowest BCUT2D eigenvalue weighted by Crippen LogP contribution is -1.90. The second-order valence-corrected chi connectivity index (χ2v) is 3.73. The molecule has 9 heavy (non-hydrogen) atoms. The van der Waals surface area contributed by atoms with Gasteiger partial charge in [-0.25, -0.2) is 4.79 Å². The van der Waals surface area contributed by atoms with Crippen molar-refractivity contribution in [3.05, 3.63) is 22.4 Å². The van der Waals surface area contributed by atoms with Crippen LogP contribution in [0.25, 0.3) is 0 Å². The fourth-order valence-electron chi connectivity index (χ4n) is 0.489. The van der Waals surface area contributed by atoms with Gasteiger partial charge < -0.3 is 5.11 Å². The van der Waals surface area contributed by atoms with Gasteiger partial charge in [0.15, 0.2) is 5.38 Å². The molecule has 0 aliphatic carbocycles. The van der Waals surface area contributed by atoms with Gasteiger partial charge in [0.2, 0.25) is 10.7 Å².